The van der Waals surface area contributed by atoms with E-state index in [1.807, 2.05) is 60.7 Å². The first-order valence-corrected chi connectivity index (χ1v) is 14.1. The van der Waals surface area contributed by atoms with E-state index in [9.17, 15) is 0 Å². The molecule has 0 aliphatic carbocycles. The highest BCUT2D eigenvalue weighted by Crippen LogP contribution is 2.37. The molecule has 0 fully saturated rings. The van der Waals surface area contributed by atoms with E-state index in [1.165, 1.54) is 37.9 Å². The fraction of sp³-hybridized carbons (Fsp3) is 0. The standard InChI is InChI=1S/C39H25N3/c1-3-11-27(12-4-1)37-40-38(28-13-5-2-6-14-28)42-39(41-37)29-21-19-26(20-22-29)30-23-24-35-33-17-8-7-15-31(33)32-16-9-10-18-34(32)36(35)25-30/h1-25H. The van der Waals surface area contributed by atoms with Gasteiger partial charge in [0.05, 0.1) is 0 Å². The van der Waals surface area contributed by atoms with Crippen LogP contribution < -0.4 is 0 Å². The lowest BCUT2D eigenvalue weighted by Crippen LogP contribution is -2.00. The molecule has 0 radical (unpaired) electrons. The molecule has 1 heterocycles. The summed E-state index contributed by atoms with van der Waals surface area (Å²) in [6.45, 7) is 0. The fourth-order valence-corrected chi connectivity index (χ4v) is 5.84. The summed E-state index contributed by atoms with van der Waals surface area (Å²) in [5.41, 5.74) is 5.21. The van der Waals surface area contributed by atoms with Crippen molar-refractivity contribution in [2.75, 3.05) is 0 Å². The second kappa shape index (κ2) is 10.1. The van der Waals surface area contributed by atoms with Crippen molar-refractivity contribution in [1.29, 1.82) is 0 Å². The van der Waals surface area contributed by atoms with Crippen LogP contribution >= 0.6 is 0 Å². The maximum absolute atomic E-state index is 4.88. The Labute approximate surface area is 243 Å². The molecule has 0 unspecified atom stereocenters. The number of rotatable bonds is 4. The van der Waals surface area contributed by atoms with Crippen LogP contribution in [-0.2, 0) is 0 Å². The first-order valence-electron chi connectivity index (χ1n) is 14.1. The van der Waals surface area contributed by atoms with Crippen molar-refractivity contribution in [3.8, 4) is 45.3 Å². The number of hydrogen-bond acceptors (Lipinski definition) is 3. The van der Waals surface area contributed by atoms with Gasteiger partial charge in [-0.05, 0) is 49.5 Å². The van der Waals surface area contributed by atoms with Gasteiger partial charge in [-0.1, -0.05) is 146 Å². The van der Waals surface area contributed by atoms with Gasteiger partial charge in [0.1, 0.15) is 0 Å². The summed E-state index contributed by atoms with van der Waals surface area (Å²) in [7, 11) is 0. The molecule has 0 bridgehead atoms. The molecular weight excluding hydrogens is 510 g/mol. The van der Waals surface area contributed by atoms with E-state index in [4.69, 9.17) is 15.0 Å². The molecule has 0 saturated heterocycles. The summed E-state index contributed by atoms with van der Waals surface area (Å²) >= 11 is 0. The predicted octanol–water partition coefficient (Wildman–Crippen LogP) is 10.00. The Hall–Kier alpha value is -5.67. The van der Waals surface area contributed by atoms with Crippen LogP contribution in [-0.4, -0.2) is 15.0 Å². The van der Waals surface area contributed by atoms with Gasteiger partial charge in [-0.25, -0.2) is 15.0 Å². The number of nitrogens with zero attached hydrogens (tertiary/aromatic N) is 3. The molecule has 8 rings (SSSR count). The summed E-state index contributed by atoms with van der Waals surface area (Å²) in [5.74, 6) is 1.99. The number of aromatic nitrogens is 3. The van der Waals surface area contributed by atoms with Crippen molar-refractivity contribution in [1.82, 2.24) is 15.0 Å². The maximum atomic E-state index is 4.88. The molecule has 3 nitrogen and oxygen atoms in total. The van der Waals surface area contributed by atoms with Crippen LogP contribution in [0, 0.1) is 0 Å². The molecule has 0 spiro atoms. The molecule has 3 heteroatoms. The third-order valence-electron chi connectivity index (χ3n) is 7.92. The zero-order valence-corrected chi connectivity index (χ0v) is 22.8. The van der Waals surface area contributed by atoms with Gasteiger partial charge in [-0.3, -0.25) is 0 Å². The van der Waals surface area contributed by atoms with E-state index in [0.717, 1.165) is 22.3 Å². The van der Waals surface area contributed by atoms with Crippen molar-refractivity contribution >= 4 is 32.3 Å². The molecule has 8 aromatic rings. The minimum atomic E-state index is 0.658. The third-order valence-corrected chi connectivity index (χ3v) is 7.92. The lowest BCUT2D eigenvalue weighted by molar-refractivity contribution is 1.07. The summed E-state index contributed by atoms with van der Waals surface area (Å²) in [6, 6.07) is 52.9. The molecule has 196 valence electrons. The summed E-state index contributed by atoms with van der Waals surface area (Å²) < 4.78 is 0. The van der Waals surface area contributed by atoms with Crippen LogP contribution in [0.25, 0.3) is 77.6 Å². The highest BCUT2D eigenvalue weighted by atomic mass is 15.0. The third kappa shape index (κ3) is 4.20. The van der Waals surface area contributed by atoms with Gasteiger partial charge in [0.2, 0.25) is 0 Å². The predicted molar refractivity (Wildman–Crippen MR) is 174 cm³/mol. The Morgan fingerprint density at radius 2 is 0.571 bits per heavy atom. The quantitative estimate of drug-likeness (QED) is 0.211. The SMILES string of the molecule is c1ccc(-c2nc(-c3ccccc3)nc(-c3ccc(-c4ccc5c6ccccc6c6ccccc6c5c4)cc3)n2)cc1. The van der Waals surface area contributed by atoms with Gasteiger partial charge in [0, 0.05) is 16.7 Å². The average Bonchev–Trinajstić information content (AvgIpc) is 3.09. The van der Waals surface area contributed by atoms with E-state index in [1.54, 1.807) is 0 Å². The molecule has 0 aliphatic rings. The van der Waals surface area contributed by atoms with Gasteiger partial charge in [-0.15, -0.1) is 0 Å². The molecule has 0 N–H and O–H groups in total. The zero-order valence-electron chi connectivity index (χ0n) is 22.8. The lowest BCUT2D eigenvalue weighted by atomic mass is 9.92. The van der Waals surface area contributed by atoms with E-state index in [-0.39, 0.29) is 0 Å². The number of hydrogen-bond donors (Lipinski definition) is 0. The van der Waals surface area contributed by atoms with Crippen LogP contribution in [0.1, 0.15) is 0 Å². The first kappa shape index (κ1) is 24.2. The number of fused-ring (bicyclic) bond motifs is 6. The van der Waals surface area contributed by atoms with Gasteiger partial charge >= 0.3 is 0 Å². The highest BCUT2D eigenvalue weighted by Gasteiger charge is 2.13. The second-order valence-electron chi connectivity index (χ2n) is 10.5. The van der Waals surface area contributed by atoms with Crippen molar-refractivity contribution in [3.05, 3.63) is 152 Å². The molecule has 1 aromatic heterocycles. The Kier molecular flexibility index (Phi) is 5.79. The topological polar surface area (TPSA) is 38.7 Å². The number of benzene rings is 7. The molecular formula is C39H25N3. The Balaban J connectivity index is 1.23. The van der Waals surface area contributed by atoms with Gasteiger partial charge in [0.25, 0.3) is 0 Å². The summed E-state index contributed by atoms with van der Waals surface area (Å²) in [6.07, 6.45) is 0. The normalized spacial score (nSPS) is 11.3. The maximum Gasteiger partial charge on any atom is 0.164 e. The van der Waals surface area contributed by atoms with E-state index < -0.39 is 0 Å². The Morgan fingerprint density at radius 3 is 1.05 bits per heavy atom. The van der Waals surface area contributed by atoms with E-state index >= 15 is 0 Å². The smallest absolute Gasteiger partial charge is 0.164 e. The minimum Gasteiger partial charge on any atom is -0.208 e. The molecule has 0 amide bonds. The summed E-state index contributed by atoms with van der Waals surface area (Å²) in [5, 5.41) is 7.68. The second-order valence-corrected chi connectivity index (χ2v) is 10.5. The van der Waals surface area contributed by atoms with Crippen LogP contribution in [0.3, 0.4) is 0 Å². The molecule has 0 aliphatic heterocycles. The Bertz CT molecular complexity index is 2130. The molecule has 0 saturated carbocycles. The van der Waals surface area contributed by atoms with Gasteiger partial charge < -0.3 is 0 Å². The van der Waals surface area contributed by atoms with Crippen LogP contribution in [0.2, 0.25) is 0 Å². The van der Waals surface area contributed by atoms with Crippen LogP contribution in [0.5, 0.6) is 0 Å². The monoisotopic (exact) mass is 535 g/mol. The molecule has 0 atom stereocenters. The van der Waals surface area contributed by atoms with Crippen molar-refractivity contribution < 1.29 is 0 Å². The highest BCUT2D eigenvalue weighted by molar-refractivity contribution is 6.25. The van der Waals surface area contributed by atoms with Crippen molar-refractivity contribution in [3.63, 3.8) is 0 Å². The van der Waals surface area contributed by atoms with Crippen molar-refractivity contribution in [2.45, 2.75) is 0 Å². The van der Waals surface area contributed by atoms with Crippen LogP contribution in [0.15, 0.2) is 152 Å². The van der Waals surface area contributed by atoms with Crippen LogP contribution in [0.4, 0.5) is 0 Å². The summed E-state index contributed by atoms with van der Waals surface area (Å²) in [4.78, 5) is 14.6. The van der Waals surface area contributed by atoms with E-state index in [2.05, 4.69) is 91.0 Å². The van der Waals surface area contributed by atoms with Crippen molar-refractivity contribution in [2.24, 2.45) is 0 Å². The average molecular weight is 536 g/mol. The molecule has 42 heavy (non-hydrogen) atoms. The van der Waals surface area contributed by atoms with Gasteiger partial charge in [0.15, 0.2) is 17.5 Å². The van der Waals surface area contributed by atoms with Gasteiger partial charge in [-0.2, -0.15) is 0 Å². The Morgan fingerprint density at radius 1 is 0.238 bits per heavy atom. The largest absolute Gasteiger partial charge is 0.208 e. The lowest BCUT2D eigenvalue weighted by Gasteiger charge is -2.12. The fourth-order valence-electron chi connectivity index (χ4n) is 5.84. The minimum absolute atomic E-state index is 0.658. The first-order chi connectivity index (χ1) is 20.8. The van der Waals surface area contributed by atoms with E-state index in [0.29, 0.717) is 17.5 Å². The zero-order chi connectivity index (χ0) is 27.9. The molecule has 7 aromatic carbocycles.